The number of hydrogen-bond donors (Lipinski definition) is 1. The highest BCUT2D eigenvalue weighted by Gasteiger charge is 2.35. The van der Waals surface area contributed by atoms with Crippen LogP contribution in [0.2, 0.25) is 0 Å². The second-order valence-corrected chi connectivity index (χ2v) is 4.52. The smallest absolute Gasteiger partial charge is 0.357 e. The van der Waals surface area contributed by atoms with E-state index >= 15 is 0 Å². The van der Waals surface area contributed by atoms with Crippen molar-refractivity contribution in [3.63, 3.8) is 0 Å². The fraction of sp³-hybridized carbons (Fsp3) is 0.308. The van der Waals surface area contributed by atoms with Crippen molar-refractivity contribution in [2.45, 2.75) is 25.6 Å². The molecule has 1 saturated heterocycles. The van der Waals surface area contributed by atoms with Crippen LogP contribution in [-0.2, 0) is 14.3 Å². The van der Waals surface area contributed by atoms with Gasteiger partial charge in [-0.3, -0.25) is 5.10 Å². The van der Waals surface area contributed by atoms with E-state index in [0.29, 0.717) is 17.9 Å². The number of aromatic nitrogens is 2. The zero-order valence-electron chi connectivity index (χ0n) is 10.7. The number of aromatic amines is 1. The summed E-state index contributed by atoms with van der Waals surface area (Å²) in [5.74, 6) is -0.628. The van der Waals surface area contributed by atoms with Gasteiger partial charge in [0.15, 0.2) is 5.76 Å². The fourth-order valence-electron chi connectivity index (χ4n) is 1.99. The van der Waals surface area contributed by atoms with Gasteiger partial charge in [0.25, 0.3) is 0 Å². The molecule has 0 bridgehead atoms. The SMILES string of the molecule is C[C@H]1C[C@H](OC(=O)c2cc(-c3ccco3)n[nH]2)C(=O)O1. The number of carbonyl (C=O) groups excluding carboxylic acids is 2. The van der Waals surface area contributed by atoms with Crippen LogP contribution in [0.3, 0.4) is 0 Å². The molecule has 2 aromatic heterocycles. The predicted octanol–water partition coefficient (Wildman–Crippen LogP) is 1.53. The van der Waals surface area contributed by atoms with E-state index in [-0.39, 0.29) is 11.8 Å². The molecule has 0 aromatic carbocycles. The van der Waals surface area contributed by atoms with Crippen LogP contribution in [0.25, 0.3) is 11.5 Å². The summed E-state index contributed by atoms with van der Waals surface area (Å²) < 4.78 is 15.2. The number of ether oxygens (including phenoxy) is 2. The van der Waals surface area contributed by atoms with Gasteiger partial charge in [-0.1, -0.05) is 0 Å². The Bertz CT molecular complexity index is 631. The zero-order chi connectivity index (χ0) is 14.1. The Morgan fingerprint density at radius 3 is 3.05 bits per heavy atom. The molecule has 1 aliphatic rings. The molecule has 3 rings (SSSR count). The zero-order valence-corrected chi connectivity index (χ0v) is 10.7. The van der Waals surface area contributed by atoms with Crippen LogP contribution in [-0.4, -0.2) is 34.3 Å². The van der Waals surface area contributed by atoms with E-state index in [1.165, 1.54) is 12.3 Å². The molecule has 0 spiro atoms. The van der Waals surface area contributed by atoms with Gasteiger partial charge in [0, 0.05) is 12.5 Å². The van der Waals surface area contributed by atoms with E-state index in [9.17, 15) is 9.59 Å². The molecule has 0 aliphatic carbocycles. The lowest BCUT2D eigenvalue weighted by molar-refractivity contribution is -0.147. The molecule has 1 aliphatic heterocycles. The van der Waals surface area contributed by atoms with Crippen molar-refractivity contribution in [3.05, 3.63) is 30.2 Å². The molecule has 0 amide bonds. The van der Waals surface area contributed by atoms with E-state index in [4.69, 9.17) is 13.9 Å². The van der Waals surface area contributed by atoms with Gasteiger partial charge in [-0.05, 0) is 19.1 Å². The number of carbonyl (C=O) groups is 2. The first-order valence-electron chi connectivity index (χ1n) is 6.14. The summed E-state index contributed by atoms with van der Waals surface area (Å²) in [4.78, 5) is 23.3. The molecule has 20 heavy (non-hydrogen) atoms. The Morgan fingerprint density at radius 2 is 2.40 bits per heavy atom. The average molecular weight is 276 g/mol. The minimum atomic E-state index is -0.854. The van der Waals surface area contributed by atoms with Crippen LogP contribution < -0.4 is 0 Å². The number of rotatable bonds is 3. The number of nitrogens with one attached hydrogen (secondary N) is 1. The van der Waals surface area contributed by atoms with Crippen LogP contribution in [0.5, 0.6) is 0 Å². The first kappa shape index (κ1) is 12.5. The monoisotopic (exact) mass is 276 g/mol. The minimum absolute atomic E-state index is 0.156. The molecule has 7 nitrogen and oxygen atoms in total. The highest BCUT2D eigenvalue weighted by molar-refractivity contribution is 5.91. The summed E-state index contributed by atoms with van der Waals surface area (Å²) in [6, 6.07) is 4.95. The first-order valence-corrected chi connectivity index (χ1v) is 6.14. The third-order valence-electron chi connectivity index (χ3n) is 2.95. The average Bonchev–Trinajstić information content (AvgIpc) is 3.11. The van der Waals surface area contributed by atoms with Crippen molar-refractivity contribution in [1.29, 1.82) is 0 Å². The highest BCUT2D eigenvalue weighted by atomic mass is 16.6. The summed E-state index contributed by atoms with van der Waals surface area (Å²) in [6.07, 6.45) is 0.787. The molecule has 7 heteroatoms. The van der Waals surface area contributed by atoms with E-state index in [2.05, 4.69) is 10.2 Å². The molecule has 0 radical (unpaired) electrons. The molecule has 1 fully saturated rings. The number of hydrogen-bond acceptors (Lipinski definition) is 6. The first-order chi connectivity index (χ1) is 9.63. The van der Waals surface area contributed by atoms with Gasteiger partial charge in [-0.25, -0.2) is 9.59 Å². The van der Waals surface area contributed by atoms with Gasteiger partial charge in [-0.2, -0.15) is 5.10 Å². The van der Waals surface area contributed by atoms with Gasteiger partial charge >= 0.3 is 11.9 Å². The standard InChI is InChI=1S/C13H12N2O5/c1-7-5-11(13(17)19-7)20-12(16)9-6-8(14-15-9)10-3-2-4-18-10/h2-4,6-7,11H,5H2,1H3,(H,14,15)/t7-,11-/m0/s1. The lowest BCUT2D eigenvalue weighted by Crippen LogP contribution is -2.22. The summed E-state index contributed by atoms with van der Waals surface area (Å²) in [5, 5.41) is 6.51. The number of esters is 2. The molecule has 0 unspecified atom stereocenters. The van der Waals surface area contributed by atoms with E-state index in [0.717, 1.165) is 0 Å². The summed E-state index contributed by atoms with van der Waals surface area (Å²) >= 11 is 0. The lowest BCUT2D eigenvalue weighted by Gasteiger charge is -2.06. The van der Waals surface area contributed by atoms with Crippen molar-refractivity contribution < 1.29 is 23.5 Å². The van der Waals surface area contributed by atoms with E-state index in [1.807, 2.05) is 0 Å². The topological polar surface area (TPSA) is 94.4 Å². The van der Waals surface area contributed by atoms with Crippen LogP contribution in [0.1, 0.15) is 23.8 Å². The Balaban J connectivity index is 1.70. The lowest BCUT2D eigenvalue weighted by atomic mass is 10.2. The number of H-pyrrole nitrogens is 1. The Labute approximate surface area is 113 Å². The van der Waals surface area contributed by atoms with Crippen LogP contribution in [0.4, 0.5) is 0 Å². The molecular formula is C13H12N2O5. The van der Waals surface area contributed by atoms with Crippen LogP contribution in [0, 0.1) is 0 Å². The third kappa shape index (κ3) is 2.29. The maximum atomic E-state index is 11.9. The van der Waals surface area contributed by atoms with Gasteiger partial charge < -0.3 is 13.9 Å². The van der Waals surface area contributed by atoms with E-state index in [1.54, 1.807) is 19.1 Å². The normalized spacial score (nSPS) is 21.8. The molecule has 2 atom stereocenters. The van der Waals surface area contributed by atoms with Gasteiger partial charge in [-0.15, -0.1) is 0 Å². The van der Waals surface area contributed by atoms with Crippen molar-refractivity contribution in [2.75, 3.05) is 0 Å². The third-order valence-corrected chi connectivity index (χ3v) is 2.95. The molecular weight excluding hydrogens is 264 g/mol. The van der Waals surface area contributed by atoms with Crippen LogP contribution >= 0.6 is 0 Å². The number of cyclic esters (lactones) is 1. The molecule has 104 valence electrons. The molecule has 0 saturated carbocycles. The Kier molecular flexibility index (Phi) is 3.02. The maximum Gasteiger partial charge on any atom is 0.357 e. The molecule has 1 N–H and O–H groups in total. The largest absolute Gasteiger partial charge is 0.463 e. The number of furan rings is 1. The van der Waals surface area contributed by atoms with Crippen molar-refractivity contribution in [3.8, 4) is 11.5 Å². The Morgan fingerprint density at radius 1 is 1.55 bits per heavy atom. The Hall–Kier alpha value is -2.57. The van der Waals surface area contributed by atoms with Gasteiger partial charge in [0.05, 0.1) is 6.26 Å². The van der Waals surface area contributed by atoms with Gasteiger partial charge in [0.2, 0.25) is 6.10 Å². The highest BCUT2D eigenvalue weighted by Crippen LogP contribution is 2.21. The summed E-state index contributed by atoms with van der Waals surface area (Å²) in [6.45, 7) is 1.75. The minimum Gasteiger partial charge on any atom is -0.463 e. The van der Waals surface area contributed by atoms with Crippen molar-refractivity contribution in [2.24, 2.45) is 0 Å². The molecule has 3 heterocycles. The quantitative estimate of drug-likeness (QED) is 0.854. The van der Waals surface area contributed by atoms with Crippen LogP contribution in [0.15, 0.2) is 28.9 Å². The van der Waals surface area contributed by atoms with Gasteiger partial charge in [0.1, 0.15) is 17.5 Å². The van der Waals surface area contributed by atoms with Crippen molar-refractivity contribution in [1.82, 2.24) is 10.2 Å². The summed E-state index contributed by atoms with van der Waals surface area (Å²) in [7, 11) is 0. The van der Waals surface area contributed by atoms with Crippen molar-refractivity contribution >= 4 is 11.9 Å². The summed E-state index contributed by atoms with van der Waals surface area (Å²) in [5.41, 5.74) is 0.646. The molecule has 2 aromatic rings. The maximum absolute atomic E-state index is 11.9. The second-order valence-electron chi connectivity index (χ2n) is 4.52. The fourth-order valence-corrected chi connectivity index (χ4v) is 1.99. The number of nitrogens with zero attached hydrogens (tertiary/aromatic N) is 1. The van der Waals surface area contributed by atoms with E-state index < -0.39 is 18.0 Å². The predicted molar refractivity (Wildman–Crippen MR) is 65.7 cm³/mol. The second kappa shape index (κ2) is 4.84.